The molecule has 0 aromatic heterocycles. The van der Waals surface area contributed by atoms with Gasteiger partial charge in [0.2, 0.25) is 0 Å². The molecule has 0 aromatic carbocycles. The molecule has 0 fully saturated rings. The van der Waals surface area contributed by atoms with Crippen LogP contribution in [0.25, 0.3) is 0 Å². The molecular weight excluding hydrogens is 144 g/mol. The van der Waals surface area contributed by atoms with Gasteiger partial charge in [-0.1, -0.05) is 61.0 Å². The molecule has 0 bridgehead atoms. The molecule has 0 amide bonds. The lowest BCUT2D eigenvalue weighted by atomic mass is 10.1. The maximum Gasteiger partial charge on any atom is -0.0267 e. The van der Waals surface area contributed by atoms with Gasteiger partial charge in [0.05, 0.1) is 0 Å². The van der Waals surface area contributed by atoms with Crippen LogP contribution in [0.4, 0.5) is 0 Å². The van der Waals surface area contributed by atoms with Gasteiger partial charge >= 0.3 is 0 Å². The van der Waals surface area contributed by atoms with E-state index in [2.05, 4.69) is 41.2 Å². The Morgan fingerprint density at radius 3 is 1.33 bits per heavy atom. The third-order valence-electron chi connectivity index (χ3n) is 1.05. The second-order valence-electron chi connectivity index (χ2n) is 3.35. The van der Waals surface area contributed by atoms with Gasteiger partial charge in [-0.25, -0.2) is 0 Å². The molecule has 0 N–H and O–H groups in total. The van der Waals surface area contributed by atoms with Crippen molar-refractivity contribution in [2.45, 2.75) is 54.9 Å². The van der Waals surface area contributed by atoms with Gasteiger partial charge in [0, 0.05) is 0 Å². The van der Waals surface area contributed by atoms with Crippen molar-refractivity contribution in [2.24, 2.45) is 11.8 Å². The van der Waals surface area contributed by atoms with E-state index in [0.29, 0.717) is 5.92 Å². The van der Waals surface area contributed by atoms with Crippen molar-refractivity contribution >= 4 is 0 Å². The lowest BCUT2D eigenvalue weighted by Gasteiger charge is -1.93. The van der Waals surface area contributed by atoms with Crippen molar-refractivity contribution in [3.8, 4) is 0 Å². The Morgan fingerprint density at radius 1 is 1.08 bits per heavy atom. The van der Waals surface area contributed by atoms with E-state index in [1.54, 1.807) is 0 Å². The number of hydrogen-bond donors (Lipinski definition) is 0. The minimum atomic E-state index is 0.699. The summed E-state index contributed by atoms with van der Waals surface area (Å²) in [5.41, 5.74) is 0. The predicted octanol–water partition coefficient (Wildman–Crippen LogP) is 4.91. The fourth-order valence-electron chi connectivity index (χ4n) is 0.167. The van der Waals surface area contributed by atoms with Crippen LogP contribution in [0.1, 0.15) is 54.9 Å². The quantitative estimate of drug-likeness (QED) is 0.519. The van der Waals surface area contributed by atoms with Gasteiger partial charge in [-0.15, -0.1) is 6.58 Å². The zero-order valence-electron chi connectivity index (χ0n) is 10.1. The fraction of sp³-hybridized carbons (Fsp3) is 0.833. The normalized spacial score (nSPS) is 10.3. The second kappa shape index (κ2) is 17.0. The van der Waals surface area contributed by atoms with Crippen molar-refractivity contribution in [2.75, 3.05) is 0 Å². The maximum atomic E-state index is 3.63. The average Bonchev–Trinajstić information content (AvgIpc) is 2.06. The van der Waals surface area contributed by atoms with Crippen LogP contribution in [-0.4, -0.2) is 0 Å². The van der Waals surface area contributed by atoms with Crippen LogP contribution in [-0.2, 0) is 0 Å². The maximum absolute atomic E-state index is 3.63. The summed E-state index contributed by atoms with van der Waals surface area (Å²) in [6.07, 6.45) is 3.18. The van der Waals surface area contributed by atoms with Gasteiger partial charge < -0.3 is 0 Å². The Labute approximate surface area is 80.1 Å². The first-order chi connectivity index (χ1) is 5.54. The Morgan fingerprint density at radius 2 is 1.33 bits per heavy atom. The van der Waals surface area contributed by atoms with Gasteiger partial charge in [-0.3, -0.25) is 0 Å². The Bertz CT molecular complexity index is 59.7. The van der Waals surface area contributed by atoms with Crippen LogP contribution in [0, 0.1) is 11.8 Å². The van der Waals surface area contributed by atoms with Gasteiger partial charge in [0.1, 0.15) is 0 Å². The molecule has 0 heteroatoms. The van der Waals surface area contributed by atoms with E-state index < -0.39 is 0 Å². The van der Waals surface area contributed by atoms with Crippen molar-refractivity contribution in [1.82, 2.24) is 0 Å². The summed E-state index contributed by atoms with van der Waals surface area (Å²) < 4.78 is 0. The topological polar surface area (TPSA) is 0 Å². The summed E-state index contributed by atoms with van der Waals surface area (Å²) in [4.78, 5) is 0. The van der Waals surface area contributed by atoms with Crippen LogP contribution in [0.5, 0.6) is 0 Å². The molecule has 0 aromatic rings. The minimum Gasteiger partial charge on any atom is -0.103 e. The third kappa shape index (κ3) is 53.2. The first-order valence-electron chi connectivity index (χ1n) is 5.17. The SMILES string of the molecule is C=CC(C)CC.CC.CC(C)C. The Kier molecular flexibility index (Phi) is 25.1. The van der Waals surface area contributed by atoms with Crippen LogP contribution in [0.15, 0.2) is 12.7 Å². The van der Waals surface area contributed by atoms with Crippen molar-refractivity contribution < 1.29 is 0 Å². The average molecular weight is 172 g/mol. The summed E-state index contributed by atoms with van der Waals surface area (Å²) in [5, 5.41) is 0. The molecule has 0 rings (SSSR count). The number of hydrogen-bond acceptors (Lipinski definition) is 0. The van der Waals surface area contributed by atoms with Crippen molar-refractivity contribution in [3.05, 3.63) is 12.7 Å². The molecule has 0 aliphatic carbocycles. The monoisotopic (exact) mass is 172 g/mol. The minimum absolute atomic E-state index is 0.699. The molecular formula is C12H28. The van der Waals surface area contributed by atoms with Gasteiger partial charge in [-0.05, 0) is 11.8 Å². The summed E-state index contributed by atoms with van der Waals surface area (Å²) in [6, 6.07) is 0. The van der Waals surface area contributed by atoms with Crippen molar-refractivity contribution in [3.63, 3.8) is 0 Å². The van der Waals surface area contributed by atoms with Crippen LogP contribution >= 0.6 is 0 Å². The highest BCUT2D eigenvalue weighted by Gasteiger charge is 1.84. The molecule has 0 spiro atoms. The molecule has 76 valence electrons. The van der Waals surface area contributed by atoms with E-state index in [9.17, 15) is 0 Å². The third-order valence-corrected chi connectivity index (χ3v) is 1.05. The van der Waals surface area contributed by atoms with Crippen LogP contribution in [0.2, 0.25) is 0 Å². The van der Waals surface area contributed by atoms with E-state index in [1.165, 1.54) is 6.42 Å². The number of allylic oxidation sites excluding steroid dienone is 1. The highest BCUT2D eigenvalue weighted by Crippen LogP contribution is 1.98. The molecule has 0 aliphatic heterocycles. The standard InChI is InChI=1S/C6H12.C4H10.C2H6/c1-4-6(3)5-2;1-4(2)3;1-2/h4,6H,1,5H2,2-3H3;4H,1-3H3;1-2H3. The highest BCUT2D eigenvalue weighted by molar-refractivity contribution is 4.72. The molecule has 0 aliphatic rings. The summed E-state index contributed by atoms with van der Waals surface area (Å²) in [6.45, 7) is 18.5. The molecule has 12 heavy (non-hydrogen) atoms. The molecule has 0 saturated heterocycles. The zero-order chi connectivity index (χ0) is 10.6. The van der Waals surface area contributed by atoms with E-state index in [0.717, 1.165) is 5.92 Å². The number of rotatable bonds is 2. The van der Waals surface area contributed by atoms with Crippen LogP contribution in [0.3, 0.4) is 0 Å². The summed E-state index contributed by atoms with van der Waals surface area (Å²) in [7, 11) is 0. The molecule has 0 heterocycles. The van der Waals surface area contributed by atoms with E-state index in [4.69, 9.17) is 0 Å². The summed E-state index contributed by atoms with van der Waals surface area (Å²) in [5.74, 6) is 1.53. The largest absolute Gasteiger partial charge is 0.103 e. The molecule has 0 nitrogen and oxygen atoms in total. The van der Waals surface area contributed by atoms with E-state index in [-0.39, 0.29) is 0 Å². The first-order valence-corrected chi connectivity index (χ1v) is 5.17. The zero-order valence-corrected chi connectivity index (χ0v) is 10.1. The first kappa shape index (κ1) is 17.7. The second-order valence-corrected chi connectivity index (χ2v) is 3.35. The van der Waals surface area contributed by atoms with Gasteiger partial charge in [0.25, 0.3) is 0 Å². The van der Waals surface area contributed by atoms with Gasteiger partial charge in [-0.2, -0.15) is 0 Å². The Balaban J connectivity index is -0.000000118. The lowest BCUT2D eigenvalue weighted by Crippen LogP contribution is -1.80. The van der Waals surface area contributed by atoms with Gasteiger partial charge in [0.15, 0.2) is 0 Å². The smallest absolute Gasteiger partial charge is 0.0267 e. The summed E-state index contributed by atoms with van der Waals surface area (Å²) >= 11 is 0. The Hall–Kier alpha value is -0.260. The van der Waals surface area contributed by atoms with E-state index in [1.807, 2.05) is 19.9 Å². The molecule has 1 atom stereocenters. The molecule has 0 saturated carbocycles. The molecule has 1 unspecified atom stereocenters. The predicted molar refractivity (Wildman–Crippen MR) is 61.5 cm³/mol. The van der Waals surface area contributed by atoms with E-state index >= 15 is 0 Å². The fourth-order valence-corrected chi connectivity index (χ4v) is 0.167. The van der Waals surface area contributed by atoms with Crippen molar-refractivity contribution in [1.29, 1.82) is 0 Å². The molecule has 0 radical (unpaired) electrons. The van der Waals surface area contributed by atoms with Crippen LogP contribution < -0.4 is 0 Å². The highest BCUT2D eigenvalue weighted by atomic mass is 13.9. The lowest BCUT2D eigenvalue weighted by molar-refractivity contribution is 0.700.